The molecule has 0 atom stereocenters. The summed E-state index contributed by atoms with van der Waals surface area (Å²) in [5, 5.41) is 15.1. The van der Waals surface area contributed by atoms with E-state index in [0.717, 1.165) is 28.5 Å². The Morgan fingerprint density at radius 3 is 2.52 bits per heavy atom. The van der Waals surface area contributed by atoms with E-state index in [9.17, 15) is 27.5 Å². The molecule has 0 aliphatic carbocycles. The van der Waals surface area contributed by atoms with Gasteiger partial charge in [0.2, 0.25) is 0 Å². The van der Waals surface area contributed by atoms with E-state index in [1.165, 1.54) is 18.2 Å². The standard InChI is InChI=1S/C31H39F4N3O4/c1-30(2,40)12-9-23-5-4-6-27-28(23)24(19-37(27)15-16-41-3)20-42-38-13-10-22(11-14-38)25-17-21(7-8-26(25)32)18-36-29(39)31(33,34)35/h4-8,17,19,22,40H,9-16,18,20H2,1-3H3,(H,36,39). The summed E-state index contributed by atoms with van der Waals surface area (Å²) in [5.74, 6) is -2.56. The van der Waals surface area contributed by atoms with Gasteiger partial charge in [0.1, 0.15) is 5.82 Å². The highest BCUT2D eigenvalue weighted by atomic mass is 19.4. The van der Waals surface area contributed by atoms with Gasteiger partial charge in [0, 0.05) is 56.0 Å². The van der Waals surface area contributed by atoms with Gasteiger partial charge in [0.05, 0.1) is 18.8 Å². The van der Waals surface area contributed by atoms with Crippen LogP contribution in [0.15, 0.2) is 42.6 Å². The third-order valence-corrected chi connectivity index (χ3v) is 7.68. The maximum Gasteiger partial charge on any atom is 0.471 e. The van der Waals surface area contributed by atoms with Gasteiger partial charge in [-0.05, 0) is 74.3 Å². The van der Waals surface area contributed by atoms with E-state index in [-0.39, 0.29) is 12.5 Å². The summed E-state index contributed by atoms with van der Waals surface area (Å²) in [5.41, 5.74) is 3.33. The Bertz CT molecular complexity index is 1360. The molecule has 0 radical (unpaired) electrons. The summed E-state index contributed by atoms with van der Waals surface area (Å²) < 4.78 is 59.7. The fourth-order valence-corrected chi connectivity index (χ4v) is 5.41. The molecule has 1 fully saturated rings. The van der Waals surface area contributed by atoms with Crippen molar-refractivity contribution in [1.29, 1.82) is 0 Å². The molecule has 1 aliphatic rings. The molecular formula is C31H39F4N3O4. The van der Waals surface area contributed by atoms with Gasteiger partial charge in [0.25, 0.3) is 0 Å². The number of benzene rings is 2. The first-order valence-electron chi connectivity index (χ1n) is 14.2. The Morgan fingerprint density at radius 2 is 1.86 bits per heavy atom. The molecule has 4 rings (SSSR count). The molecule has 2 aromatic carbocycles. The quantitative estimate of drug-likeness (QED) is 0.267. The Morgan fingerprint density at radius 1 is 1.12 bits per heavy atom. The maximum atomic E-state index is 14.7. The lowest BCUT2D eigenvalue weighted by Gasteiger charge is -2.31. The van der Waals surface area contributed by atoms with E-state index in [1.54, 1.807) is 21.0 Å². The van der Waals surface area contributed by atoms with Gasteiger partial charge in [-0.25, -0.2) is 4.39 Å². The molecule has 1 aromatic heterocycles. The molecule has 0 bridgehead atoms. The predicted molar refractivity (Wildman–Crippen MR) is 151 cm³/mol. The maximum absolute atomic E-state index is 14.7. The van der Waals surface area contributed by atoms with Gasteiger partial charge >= 0.3 is 12.1 Å². The SMILES string of the molecule is COCCn1cc(CON2CCC(c3cc(CNC(=O)C(F)(F)F)ccc3F)CC2)c2c(CCC(C)(C)O)cccc21. The van der Waals surface area contributed by atoms with Crippen LogP contribution >= 0.6 is 0 Å². The van der Waals surface area contributed by atoms with Crippen LogP contribution in [0.3, 0.4) is 0 Å². The van der Waals surface area contributed by atoms with E-state index in [1.807, 2.05) is 16.4 Å². The van der Waals surface area contributed by atoms with E-state index in [2.05, 4.69) is 22.9 Å². The number of carbonyl (C=O) groups excluding carboxylic acids is 1. The number of rotatable bonds is 12. The number of fused-ring (bicyclic) bond motifs is 1. The van der Waals surface area contributed by atoms with Crippen molar-refractivity contribution < 1.29 is 37.0 Å². The third kappa shape index (κ3) is 8.31. The zero-order valence-electron chi connectivity index (χ0n) is 24.3. The molecule has 11 heteroatoms. The number of piperidine rings is 1. The van der Waals surface area contributed by atoms with Crippen molar-refractivity contribution in [3.05, 3.63) is 70.7 Å². The molecule has 2 heterocycles. The number of hydrogen-bond donors (Lipinski definition) is 2. The van der Waals surface area contributed by atoms with Crippen molar-refractivity contribution in [3.63, 3.8) is 0 Å². The summed E-state index contributed by atoms with van der Waals surface area (Å²) in [6, 6.07) is 10.3. The third-order valence-electron chi connectivity index (χ3n) is 7.68. The van der Waals surface area contributed by atoms with Gasteiger partial charge < -0.3 is 19.7 Å². The average Bonchev–Trinajstić information content (AvgIpc) is 3.30. The minimum Gasteiger partial charge on any atom is -0.390 e. The van der Waals surface area contributed by atoms with E-state index >= 15 is 0 Å². The number of aliphatic hydroxyl groups is 1. The fourth-order valence-electron chi connectivity index (χ4n) is 5.41. The number of aryl methyl sites for hydroxylation is 1. The van der Waals surface area contributed by atoms with Crippen LogP contribution in [0.1, 0.15) is 61.3 Å². The molecular weight excluding hydrogens is 554 g/mol. The first kappa shape index (κ1) is 31.9. The summed E-state index contributed by atoms with van der Waals surface area (Å²) >= 11 is 0. The minimum atomic E-state index is -4.97. The van der Waals surface area contributed by atoms with Gasteiger partial charge in [-0.1, -0.05) is 24.3 Å². The number of ether oxygens (including phenoxy) is 1. The molecule has 0 saturated carbocycles. The monoisotopic (exact) mass is 593 g/mol. The topological polar surface area (TPSA) is 76.0 Å². The molecule has 2 N–H and O–H groups in total. The van der Waals surface area contributed by atoms with Crippen molar-refractivity contribution in [1.82, 2.24) is 14.9 Å². The molecule has 1 aliphatic heterocycles. The highest BCUT2D eigenvalue weighted by Crippen LogP contribution is 2.32. The van der Waals surface area contributed by atoms with Crippen LogP contribution in [-0.4, -0.2) is 59.2 Å². The lowest BCUT2D eigenvalue weighted by atomic mass is 9.88. The second kappa shape index (κ2) is 13.5. The number of nitrogens with one attached hydrogen (secondary N) is 1. The number of nitrogens with zero attached hydrogens (tertiary/aromatic N) is 2. The zero-order valence-corrected chi connectivity index (χ0v) is 24.3. The van der Waals surface area contributed by atoms with Gasteiger partial charge in [-0.2, -0.15) is 18.2 Å². The van der Waals surface area contributed by atoms with Crippen molar-refractivity contribution in [3.8, 4) is 0 Å². The van der Waals surface area contributed by atoms with Gasteiger partial charge in [-0.3, -0.25) is 9.63 Å². The Labute approximate surface area is 243 Å². The summed E-state index contributed by atoms with van der Waals surface area (Å²) in [6.07, 6.45) is -0.313. The number of alkyl halides is 3. The van der Waals surface area contributed by atoms with E-state index in [0.29, 0.717) is 63.2 Å². The highest BCUT2D eigenvalue weighted by molar-refractivity contribution is 5.87. The zero-order chi connectivity index (χ0) is 30.5. The lowest BCUT2D eigenvalue weighted by Crippen LogP contribution is -2.36. The van der Waals surface area contributed by atoms with Crippen molar-refractivity contribution in [2.75, 3.05) is 26.8 Å². The number of aromatic nitrogens is 1. The highest BCUT2D eigenvalue weighted by Gasteiger charge is 2.38. The number of methoxy groups -OCH3 is 1. The van der Waals surface area contributed by atoms with Crippen LogP contribution in [0.4, 0.5) is 17.6 Å². The smallest absolute Gasteiger partial charge is 0.390 e. The van der Waals surface area contributed by atoms with Crippen LogP contribution in [0.25, 0.3) is 10.9 Å². The number of halogens is 4. The molecule has 7 nitrogen and oxygen atoms in total. The first-order chi connectivity index (χ1) is 19.9. The second-order valence-corrected chi connectivity index (χ2v) is 11.5. The summed E-state index contributed by atoms with van der Waals surface area (Å²) in [4.78, 5) is 17.4. The molecule has 0 spiro atoms. The molecule has 42 heavy (non-hydrogen) atoms. The Kier molecular flexibility index (Phi) is 10.3. The normalized spacial score (nSPS) is 15.4. The minimum absolute atomic E-state index is 0.118. The Hall–Kier alpha value is -2.99. The van der Waals surface area contributed by atoms with Crippen molar-refractivity contribution in [2.45, 2.75) is 76.9 Å². The largest absolute Gasteiger partial charge is 0.471 e. The molecule has 1 amide bonds. The van der Waals surface area contributed by atoms with Crippen LogP contribution in [-0.2, 0) is 40.5 Å². The molecule has 230 valence electrons. The van der Waals surface area contributed by atoms with Crippen LogP contribution < -0.4 is 5.32 Å². The van der Waals surface area contributed by atoms with Crippen LogP contribution in [0, 0.1) is 5.82 Å². The first-order valence-corrected chi connectivity index (χ1v) is 14.2. The average molecular weight is 594 g/mol. The van der Waals surface area contributed by atoms with E-state index in [4.69, 9.17) is 9.57 Å². The number of hydroxylamine groups is 2. The summed E-state index contributed by atoms with van der Waals surface area (Å²) in [7, 11) is 1.67. The molecule has 1 saturated heterocycles. The van der Waals surface area contributed by atoms with Crippen LogP contribution in [0.5, 0.6) is 0 Å². The molecule has 0 unspecified atom stereocenters. The van der Waals surface area contributed by atoms with Crippen molar-refractivity contribution in [2.24, 2.45) is 0 Å². The Balaban J connectivity index is 1.41. The van der Waals surface area contributed by atoms with Gasteiger partial charge in [-0.15, -0.1) is 0 Å². The predicted octanol–water partition coefficient (Wildman–Crippen LogP) is 5.62. The number of hydrogen-bond acceptors (Lipinski definition) is 5. The van der Waals surface area contributed by atoms with Crippen LogP contribution in [0.2, 0.25) is 0 Å². The van der Waals surface area contributed by atoms with Gasteiger partial charge in [0.15, 0.2) is 0 Å². The number of amides is 1. The van der Waals surface area contributed by atoms with Crippen molar-refractivity contribution >= 4 is 16.8 Å². The summed E-state index contributed by atoms with van der Waals surface area (Å²) in [6.45, 7) is 6.01. The van der Waals surface area contributed by atoms with E-state index < -0.39 is 23.5 Å². The number of carbonyl (C=O) groups is 1. The lowest BCUT2D eigenvalue weighted by molar-refractivity contribution is -0.180. The fraction of sp³-hybridized carbons (Fsp3) is 0.516. The molecule has 3 aromatic rings. The second-order valence-electron chi connectivity index (χ2n) is 11.5.